The highest BCUT2D eigenvalue weighted by molar-refractivity contribution is 9.10. The molecule has 1 unspecified atom stereocenters. The lowest BCUT2D eigenvalue weighted by Crippen LogP contribution is -2.38. The summed E-state index contributed by atoms with van der Waals surface area (Å²) >= 11 is 3.42. The maximum atomic E-state index is 11.9. The fourth-order valence-corrected chi connectivity index (χ4v) is 2.67. The summed E-state index contributed by atoms with van der Waals surface area (Å²) in [5.41, 5.74) is 1.72. The molecule has 5 heteroatoms. The van der Waals surface area contributed by atoms with Gasteiger partial charge in [0.25, 0.3) is 0 Å². The molecule has 1 aromatic rings. The van der Waals surface area contributed by atoms with Gasteiger partial charge in [0.15, 0.2) is 0 Å². The second-order valence-electron chi connectivity index (χ2n) is 6.01. The van der Waals surface area contributed by atoms with Crippen LogP contribution in [0.1, 0.15) is 32.8 Å². The van der Waals surface area contributed by atoms with E-state index in [1.807, 2.05) is 39.0 Å². The van der Waals surface area contributed by atoms with Gasteiger partial charge in [-0.1, -0.05) is 19.9 Å². The lowest BCUT2D eigenvalue weighted by molar-refractivity contribution is 0.129. The molecular weight excluding hydrogens is 320 g/mol. The number of nitrogens with one attached hydrogen (secondary N) is 2. The monoisotopic (exact) mass is 342 g/mol. The number of amides is 2. The average Bonchev–Trinajstić information content (AvgIpc) is 2.29. The number of rotatable bonds is 5. The van der Waals surface area contributed by atoms with Crippen LogP contribution in [0.4, 0.5) is 10.5 Å². The second kappa shape index (κ2) is 7.09. The van der Waals surface area contributed by atoms with Crippen LogP contribution in [0.25, 0.3) is 0 Å². The Balaban J connectivity index is 2.52. The smallest absolute Gasteiger partial charge is 0.319 e. The summed E-state index contributed by atoms with van der Waals surface area (Å²) in [5.74, 6) is 0. The van der Waals surface area contributed by atoms with Crippen molar-refractivity contribution in [3.63, 3.8) is 0 Å². The van der Waals surface area contributed by atoms with Gasteiger partial charge in [-0.05, 0) is 59.3 Å². The van der Waals surface area contributed by atoms with Crippen LogP contribution in [0, 0.1) is 12.3 Å². The molecule has 1 rings (SSSR count). The number of aryl methyl sites for hydroxylation is 1. The first-order chi connectivity index (χ1) is 9.19. The highest BCUT2D eigenvalue weighted by Crippen LogP contribution is 2.24. The van der Waals surface area contributed by atoms with E-state index in [0.29, 0.717) is 13.0 Å². The number of halogens is 1. The summed E-state index contributed by atoms with van der Waals surface area (Å²) in [6.45, 7) is 8.29. The van der Waals surface area contributed by atoms with Crippen molar-refractivity contribution in [3.05, 3.63) is 28.2 Å². The van der Waals surface area contributed by atoms with Crippen molar-refractivity contribution in [2.24, 2.45) is 5.41 Å². The van der Waals surface area contributed by atoms with E-state index in [1.165, 1.54) is 0 Å². The normalized spacial score (nSPS) is 12.9. The van der Waals surface area contributed by atoms with Crippen LogP contribution in [0.15, 0.2) is 22.7 Å². The summed E-state index contributed by atoms with van der Waals surface area (Å²) in [6, 6.07) is 5.51. The lowest BCUT2D eigenvalue weighted by Gasteiger charge is -2.26. The van der Waals surface area contributed by atoms with Crippen molar-refractivity contribution >= 4 is 27.6 Å². The highest BCUT2D eigenvalue weighted by Gasteiger charge is 2.21. The predicted molar refractivity (Wildman–Crippen MR) is 86.0 cm³/mol. The third-order valence-electron chi connectivity index (χ3n) is 2.95. The van der Waals surface area contributed by atoms with Crippen LogP contribution in [-0.2, 0) is 0 Å². The Morgan fingerprint density at radius 2 is 2.10 bits per heavy atom. The van der Waals surface area contributed by atoms with Gasteiger partial charge in [-0.2, -0.15) is 0 Å². The van der Waals surface area contributed by atoms with Gasteiger partial charge in [0.05, 0.1) is 11.8 Å². The molecule has 0 radical (unpaired) electrons. The van der Waals surface area contributed by atoms with Crippen LogP contribution < -0.4 is 10.6 Å². The SMILES string of the molecule is Cc1ccc(NC(=O)NCC(C)(C)CC(C)O)c(Br)c1. The standard InChI is InChI=1S/C15H23BrN2O2/c1-10-5-6-13(12(16)7-10)18-14(20)17-9-15(3,4)8-11(2)19/h5-7,11,19H,8-9H2,1-4H3,(H2,17,18,20). The fraction of sp³-hybridized carbons (Fsp3) is 0.533. The number of hydrogen-bond donors (Lipinski definition) is 3. The van der Waals surface area contributed by atoms with Gasteiger partial charge in [-0.3, -0.25) is 0 Å². The summed E-state index contributed by atoms with van der Waals surface area (Å²) in [6.07, 6.45) is 0.266. The molecular formula is C15H23BrN2O2. The van der Waals surface area contributed by atoms with Crippen LogP contribution in [0.2, 0.25) is 0 Å². The van der Waals surface area contributed by atoms with E-state index in [-0.39, 0.29) is 17.6 Å². The molecule has 112 valence electrons. The second-order valence-corrected chi connectivity index (χ2v) is 6.86. The minimum Gasteiger partial charge on any atom is -0.393 e. The van der Waals surface area contributed by atoms with E-state index in [1.54, 1.807) is 6.92 Å². The van der Waals surface area contributed by atoms with Crippen molar-refractivity contribution in [1.82, 2.24) is 5.32 Å². The molecule has 0 bridgehead atoms. The van der Waals surface area contributed by atoms with Crippen LogP contribution in [0.5, 0.6) is 0 Å². The largest absolute Gasteiger partial charge is 0.393 e. The zero-order chi connectivity index (χ0) is 15.3. The Bertz CT molecular complexity index is 473. The minimum absolute atomic E-state index is 0.143. The van der Waals surface area contributed by atoms with Crippen LogP contribution in [0.3, 0.4) is 0 Å². The van der Waals surface area contributed by atoms with Gasteiger partial charge in [-0.25, -0.2) is 4.79 Å². The number of benzene rings is 1. The fourth-order valence-electron chi connectivity index (χ4n) is 2.08. The van der Waals surface area contributed by atoms with Crippen molar-refractivity contribution in [1.29, 1.82) is 0 Å². The van der Waals surface area contributed by atoms with Gasteiger partial charge >= 0.3 is 6.03 Å². The number of anilines is 1. The Labute approximate surface area is 129 Å². The van der Waals surface area contributed by atoms with E-state index < -0.39 is 0 Å². The van der Waals surface area contributed by atoms with Crippen molar-refractivity contribution in [2.45, 2.75) is 40.2 Å². The molecule has 20 heavy (non-hydrogen) atoms. The maximum Gasteiger partial charge on any atom is 0.319 e. The quantitative estimate of drug-likeness (QED) is 0.764. The van der Waals surface area contributed by atoms with Crippen molar-refractivity contribution in [3.8, 4) is 0 Å². The molecule has 2 amide bonds. The van der Waals surface area contributed by atoms with E-state index in [2.05, 4.69) is 26.6 Å². The van der Waals surface area contributed by atoms with E-state index in [4.69, 9.17) is 0 Å². The summed E-state index contributed by atoms with van der Waals surface area (Å²) in [7, 11) is 0. The van der Waals surface area contributed by atoms with Gasteiger partial charge in [0.1, 0.15) is 0 Å². The number of aliphatic hydroxyl groups is 1. The zero-order valence-electron chi connectivity index (χ0n) is 12.5. The number of urea groups is 1. The summed E-state index contributed by atoms with van der Waals surface area (Å²) in [4.78, 5) is 11.9. The van der Waals surface area contributed by atoms with Crippen LogP contribution >= 0.6 is 15.9 Å². The molecule has 0 saturated heterocycles. The highest BCUT2D eigenvalue weighted by atomic mass is 79.9. The Kier molecular flexibility index (Phi) is 6.02. The molecule has 4 nitrogen and oxygen atoms in total. The third-order valence-corrected chi connectivity index (χ3v) is 3.60. The molecule has 0 fully saturated rings. The number of aliphatic hydroxyl groups excluding tert-OH is 1. The first kappa shape index (κ1) is 17.0. The Morgan fingerprint density at radius 3 is 2.65 bits per heavy atom. The Hall–Kier alpha value is -1.07. The van der Waals surface area contributed by atoms with Gasteiger partial charge in [0, 0.05) is 11.0 Å². The molecule has 0 heterocycles. The maximum absolute atomic E-state index is 11.9. The van der Waals surface area contributed by atoms with Gasteiger partial charge in [0.2, 0.25) is 0 Å². The average molecular weight is 343 g/mol. The third kappa shape index (κ3) is 5.92. The molecule has 0 aliphatic rings. The van der Waals surface area contributed by atoms with E-state index >= 15 is 0 Å². The summed E-state index contributed by atoms with van der Waals surface area (Å²) in [5, 5.41) is 15.1. The van der Waals surface area contributed by atoms with E-state index in [0.717, 1.165) is 15.7 Å². The number of carbonyl (C=O) groups excluding carboxylic acids is 1. The molecule has 0 aliphatic heterocycles. The van der Waals surface area contributed by atoms with E-state index in [9.17, 15) is 9.90 Å². The topological polar surface area (TPSA) is 61.4 Å². The molecule has 1 atom stereocenters. The first-order valence-electron chi connectivity index (χ1n) is 6.69. The molecule has 3 N–H and O–H groups in total. The van der Waals surface area contributed by atoms with Gasteiger partial charge < -0.3 is 15.7 Å². The molecule has 0 aliphatic carbocycles. The first-order valence-corrected chi connectivity index (χ1v) is 7.48. The zero-order valence-corrected chi connectivity index (χ0v) is 14.0. The van der Waals surface area contributed by atoms with Crippen molar-refractivity contribution < 1.29 is 9.90 Å². The molecule has 0 aromatic heterocycles. The molecule has 0 spiro atoms. The molecule has 1 aromatic carbocycles. The lowest BCUT2D eigenvalue weighted by atomic mass is 9.87. The van der Waals surface area contributed by atoms with Crippen LogP contribution in [-0.4, -0.2) is 23.8 Å². The molecule has 0 saturated carbocycles. The number of carbonyl (C=O) groups is 1. The number of hydrogen-bond acceptors (Lipinski definition) is 2. The minimum atomic E-state index is -0.374. The predicted octanol–water partition coefficient (Wildman–Crippen LogP) is 3.68. The van der Waals surface area contributed by atoms with Crippen molar-refractivity contribution in [2.75, 3.05) is 11.9 Å². The van der Waals surface area contributed by atoms with Gasteiger partial charge in [-0.15, -0.1) is 0 Å². The Morgan fingerprint density at radius 1 is 1.45 bits per heavy atom. The summed E-state index contributed by atoms with van der Waals surface area (Å²) < 4.78 is 0.857.